The van der Waals surface area contributed by atoms with Crippen LogP contribution in [0.2, 0.25) is 0 Å². The molecule has 0 unspecified atom stereocenters. The minimum Gasteiger partial charge on any atom is -0.491 e. The van der Waals surface area contributed by atoms with Gasteiger partial charge in [-0.1, -0.05) is 72.8 Å². The van der Waals surface area contributed by atoms with Crippen LogP contribution >= 0.6 is 0 Å². The number of hydrogen-bond donors (Lipinski definition) is 1. The minimum atomic E-state index is 0.728. The summed E-state index contributed by atoms with van der Waals surface area (Å²) < 4.78 is 6.00. The van der Waals surface area contributed by atoms with E-state index < -0.39 is 0 Å². The van der Waals surface area contributed by atoms with E-state index in [0.717, 1.165) is 43.9 Å². The summed E-state index contributed by atoms with van der Waals surface area (Å²) in [4.78, 5) is 0. The van der Waals surface area contributed by atoms with Crippen LogP contribution in [0.5, 0.6) is 5.75 Å². The molecule has 0 saturated heterocycles. The van der Waals surface area contributed by atoms with E-state index >= 15 is 0 Å². The largest absolute Gasteiger partial charge is 0.491 e. The molecule has 0 atom stereocenters. The number of nitrogens with one attached hydrogen (secondary N) is 1. The van der Waals surface area contributed by atoms with Gasteiger partial charge in [-0.15, -0.1) is 0 Å². The Morgan fingerprint density at radius 1 is 0.640 bits per heavy atom. The van der Waals surface area contributed by atoms with Gasteiger partial charge in [-0.05, 0) is 42.5 Å². The van der Waals surface area contributed by atoms with Crippen LogP contribution in [0.1, 0.15) is 17.5 Å². The number of anilines is 1. The zero-order chi connectivity index (χ0) is 17.2. The average Bonchev–Trinajstić information content (AvgIpc) is 2.68. The molecule has 128 valence electrons. The Bertz CT molecular complexity index is 740. The van der Waals surface area contributed by atoms with Gasteiger partial charge in [0, 0.05) is 6.54 Å². The molecule has 0 aliphatic heterocycles. The standard InChI is InChI=1S/C23H25NO/c1-3-10-20(11-4-1)14-9-19-25-23-16-8-7-15-22(23)24-18-17-21-12-5-2-6-13-21/h1-8,10-13,15-16,24H,9,14,17-19H2. The highest BCUT2D eigenvalue weighted by atomic mass is 16.5. The van der Waals surface area contributed by atoms with Crippen LogP contribution in [-0.4, -0.2) is 13.2 Å². The fourth-order valence-electron chi connectivity index (χ4n) is 2.83. The smallest absolute Gasteiger partial charge is 0.142 e. The number of aryl methyl sites for hydroxylation is 1. The molecule has 3 aromatic rings. The van der Waals surface area contributed by atoms with Gasteiger partial charge in [0.2, 0.25) is 0 Å². The maximum atomic E-state index is 6.00. The van der Waals surface area contributed by atoms with E-state index in [-0.39, 0.29) is 0 Å². The molecule has 2 nitrogen and oxygen atoms in total. The zero-order valence-corrected chi connectivity index (χ0v) is 14.5. The molecule has 0 aliphatic carbocycles. The maximum absolute atomic E-state index is 6.00. The lowest BCUT2D eigenvalue weighted by Crippen LogP contribution is -2.07. The fourth-order valence-corrected chi connectivity index (χ4v) is 2.83. The van der Waals surface area contributed by atoms with Gasteiger partial charge in [0.05, 0.1) is 12.3 Å². The highest BCUT2D eigenvalue weighted by Crippen LogP contribution is 2.24. The average molecular weight is 331 g/mol. The van der Waals surface area contributed by atoms with E-state index in [1.165, 1.54) is 11.1 Å². The van der Waals surface area contributed by atoms with Crippen molar-refractivity contribution < 1.29 is 4.74 Å². The maximum Gasteiger partial charge on any atom is 0.142 e. The van der Waals surface area contributed by atoms with Crippen LogP contribution < -0.4 is 10.1 Å². The summed E-state index contributed by atoms with van der Waals surface area (Å²) >= 11 is 0. The van der Waals surface area contributed by atoms with E-state index in [4.69, 9.17) is 4.74 Å². The second-order valence-electron chi connectivity index (χ2n) is 6.10. The van der Waals surface area contributed by atoms with Crippen LogP contribution in [0.4, 0.5) is 5.69 Å². The second-order valence-corrected chi connectivity index (χ2v) is 6.10. The van der Waals surface area contributed by atoms with Crippen molar-refractivity contribution in [3.8, 4) is 5.75 Å². The highest BCUT2D eigenvalue weighted by Gasteiger charge is 2.02. The molecule has 3 rings (SSSR count). The molecule has 25 heavy (non-hydrogen) atoms. The predicted molar refractivity (Wildman–Crippen MR) is 105 cm³/mol. The van der Waals surface area contributed by atoms with Crippen molar-refractivity contribution >= 4 is 5.69 Å². The fraction of sp³-hybridized carbons (Fsp3) is 0.217. The number of hydrogen-bond acceptors (Lipinski definition) is 2. The summed E-state index contributed by atoms with van der Waals surface area (Å²) in [6, 6.07) is 29.3. The molecular formula is C23H25NO. The van der Waals surface area contributed by atoms with Crippen molar-refractivity contribution in [1.29, 1.82) is 0 Å². The summed E-state index contributed by atoms with van der Waals surface area (Å²) in [6.45, 7) is 1.63. The first-order valence-electron chi connectivity index (χ1n) is 8.95. The molecule has 0 fully saturated rings. The van der Waals surface area contributed by atoms with Crippen molar-refractivity contribution in [2.45, 2.75) is 19.3 Å². The first-order chi connectivity index (χ1) is 12.4. The first-order valence-corrected chi connectivity index (χ1v) is 8.95. The lowest BCUT2D eigenvalue weighted by Gasteiger charge is -2.13. The summed E-state index contributed by atoms with van der Waals surface area (Å²) in [5.41, 5.74) is 3.77. The Balaban J connectivity index is 1.45. The van der Waals surface area contributed by atoms with Crippen molar-refractivity contribution in [1.82, 2.24) is 0 Å². The molecule has 0 aliphatic rings. The van der Waals surface area contributed by atoms with E-state index in [0.29, 0.717) is 0 Å². The summed E-state index contributed by atoms with van der Waals surface area (Å²) in [5.74, 6) is 0.934. The van der Waals surface area contributed by atoms with Crippen molar-refractivity contribution in [2.24, 2.45) is 0 Å². The molecule has 0 saturated carbocycles. The number of ether oxygens (including phenoxy) is 1. The minimum absolute atomic E-state index is 0.728. The van der Waals surface area contributed by atoms with E-state index in [1.807, 2.05) is 18.2 Å². The third kappa shape index (κ3) is 5.68. The van der Waals surface area contributed by atoms with E-state index in [1.54, 1.807) is 0 Å². The molecule has 0 spiro atoms. The van der Waals surface area contributed by atoms with Crippen LogP contribution in [0.25, 0.3) is 0 Å². The number of benzene rings is 3. The van der Waals surface area contributed by atoms with Crippen molar-refractivity contribution in [3.63, 3.8) is 0 Å². The molecule has 0 radical (unpaired) electrons. The van der Waals surface area contributed by atoms with E-state index in [9.17, 15) is 0 Å². The van der Waals surface area contributed by atoms with Gasteiger partial charge < -0.3 is 10.1 Å². The summed E-state index contributed by atoms with van der Waals surface area (Å²) in [7, 11) is 0. The van der Waals surface area contributed by atoms with Crippen LogP contribution in [0, 0.1) is 0 Å². The van der Waals surface area contributed by atoms with Gasteiger partial charge in [0.1, 0.15) is 5.75 Å². The molecule has 0 aromatic heterocycles. The number of para-hydroxylation sites is 2. The summed E-state index contributed by atoms with van der Waals surface area (Å²) in [5, 5.41) is 3.50. The molecule has 0 amide bonds. The quantitative estimate of drug-likeness (QED) is 0.533. The third-order valence-corrected chi connectivity index (χ3v) is 4.17. The molecule has 1 N–H and O–H groups in total. The van der Waals surface area contributed by atoms with Gasteiger partial charge in [0.15, 0.2) is 0 Å². The van der Waals surface area contributed by atoms with Crippen LogP contribution in [0.3, 0.4) is 0 Å². The second kappa shape index (κ2) is 9.53. The van der Waals surface area contributed by atoms with Gasteiger partial charge in [-0.3, -0.25) is 0 Å². The summed E-state index contributed by atoms with van der Waals surface area (Å²) in [6.07, 6.45) is 3.07. The van der Waals surface area contributed by atoms with Crippen molar-refractivity contribution in [3.05, 3.63) is 96.1 Å². The topological polar surface area (TPSA) is 21.3 Å². The zero-order valence-electron chi connectivity index (χ0n) is 14.5. The lowest BCUT2D eigenvalue weighted by molar-refractivity contribution is 0.312. The molecule has 0 heterocycles. The normalized spacial score (nSPS) is 10.4. The third-order valence-electron chi connectivity index (χ3n) is 4.17. The van der Waals surface area contributed by atoms with Gasteiger partial charge in [-0.2, -0.15) is 0 Å². The molecule has 3 aromatic carbocycles. The first kappa shape index (κ1) is 17.1. The Labute approximate surface area is 150 Å². The van der Waals surface area contributed by atoms with Gasteiger partial charge >= 0.3 is 0 Å². The molecule has 0 bridgehead atoms. The predicted octanol–water partition coefficient (Wildman–Crippen LogP) is 5.35. The van der Waals surface area contributed by atoms with Crippen LogP contribution in [-0.2, 0) is 12.8 Å². The Morgan fingerprint density at radius 3 is 1.96 bits per heavy atom. The van der Waals surface area contributed by atoms with E-state index in [2.05, 4.69) is 72.0 Å². The highest BCUT2D eigenvalue weighted by molar-refractivity contribution is 5.56. The Morgan fingerprint density at radius 2 is 1.24 bits per heavy atom. The Kier molecular flexibility index (Phi) is 6.52. The molecule has 2 heteroatoms. The SMILES string of the molecule is c1ccc(CCCOc2ccccc2NCCc2ccccc2)cc1. The Hall–Kier alpha value is -2.74. The van der Waals surface area contributed by atoms with Gasteiger partial charge in [0.25, 0.3) is 0 Å². The number of rotatable bonds is 9. The lowest BCUT2D eigenvalue weighted by atomic mass is 10.1. The van der Waals surface area contributed by atoms with Crippen molar-refractivity contribution in [2.75, 3.05) is 18.5 Å². The monoisotopic (exact) mass is 331 g/mol. The van der Waals surface area contributed by atoms with Crippen LogP contribution in [0.15, 0.2) is 84.9 Å². The van der Waals surface area contributed by atoms with Gasteiger partial charge in [-0.25, -0.2) is 0 Å². The molecular weight excluding hydrogens is 306 g/mol.